The van der Waals surface area contributed by atoms with Crippen molar-refractivity contribution in [3.05, 3.63) is 24.3 Å². The Kier molecular flexibility index (Phi) is 5.23. The van der Waals surface area contributed by atoms with Crippen LogP contribution >= 0.6 is 0 Å². The molecular formula is C18H23NO5. The first-order valence-corrected chi connectivity index (χ1v) is 8.57. The van der Waals surface area contributed by atoms with Crippen molar-refractivity contribution in [2.75, 3.05) is 6.61 Å². The van der Waals surface area contributed by atoms with Crippen LogP contribution in [0.4, 0.5) is 0 Å². The predicted molar refractivity (Wildman–Crippen MR) is 87.1 cm³/mol. The molecule has 1 aromatic carbocycles. The van der Waals surface area contributed by atoms with Gasteiger partial charge in [0.25, 0.3) is 5.91 Å². The van der Waals surface area contributed by atoms with Crippen molar-refractivity contribution in [1.82, 2.24) is 5.32 Å². The number of carbonyl (C=O) groups is 2. The van der Waals surface area contributed by atoms with E-state index in [0.717, 1.165) is 25.7 Å². The topological polar surface area (TPSA) is 84.9 Å². The Hall–Kier alpha value is -2.24. The minimum atomic E-state index is -0.839. The first kappa shape index (κ1) is 16.6. The zero-order chi connectivity index (χ0) is 16.9. The second kappa shape index (κ2) is 7.55. The van der Waals surface area contributed by atoms with E-state index in [-0.39, 0.29) is 18.6 Å². The number of rotatable bonds is 3. The van der Waals surface area contributed by atoms with Crippen LogP contribution in [0.2, 0.25) is 0 Å². The van der Waals surface area contributed by atoms with Crippen molar-refractivity contribution in [3.63, 3.8) is 0 Å². The van der Waals surface area contributed by atoms with Gasteiger partial charge in [-0.15, -0.1) is 0 Å². The van der Waals surface area contributed by atoms with Crippen molar-refractivity contribution >= 4 is 11.9 Å². The van der Waals surface area contributed by atoms with E-state index < -0.39 is 18.0 Å². The van der Waals surface area contributed by atoms with E-state index in [1.165, 1.54) is 0 Å². The largest absolute Gasteiger partial charge is 0.485 e. The molecule has 3 rings (SSSR count). The number of carboxylic acid groups (broad SMARTS) is 1. The van der Waals surface area contributed by atoms with E-state index in [9.17, 15) is 14.7 Å². The van der Waals surface area contributed by atoms with E-state index in [2.05, 4.69) is 5.32 Å². The monoisotopic (exact) mass is 333 g/mol. The summed E-state index contributed by atoms with van der Waals surface area (Å²) in [6, 6.07) is 6.85. The summed E-state index contributed by atoms with van der Waals surface area (Å²) < 4.78 is 11.3. The molecule has 2 N–H and O–H groups in total. The van der Waals surface area contributed by atoms with Gasteiger partial charge < -0.3 is 19.9 Å². The highest BCUT2D eigenvalue weighted by molar-refractivity contribution is 5.83. The molecule has 3 unspecified atom stereocenters. The van der Waals surface area contributed by atoms with Gasteiger partial charge in [0.15, 0.2) is 11.5 Å². The number of para-hydroxylation sites is 2. The van der Waals surface area contributed by atoms with Crippen LogP contribution in [0, 0.1) is 5.92 Å². The third kappa shape index (κ3) is 3.80. The molecule has 0 saturated heterocycles. The lowest BCUT2D eigenvalue weighted by molar-refractivity contribution is -0.144. The number of fused-ring (bicyclic) bond motifs is 1. The van der Waals surface area contributed by atoms with E-state index in [1.54, 1.807) is 12.1 Å². The summed E-state index contributed by atoms with van der Waals surface area (Å²) >= 11 is 0. The van der Waals surface area contributed by atoms with Gasteiger partial charge in [-0.3, -0.25) is 9.59 Å². The number of hydrogen-bond donors (Lipinski definition) is 2. The van der Waals surface area contributed by atoms with Crippen molar-refractivity contribution < 1.29 is 24.2 Å². The zero-order valence-electron chi connectivity index (χ0n) is 13.6. The van der Waals surface area contributed by atoms with Crippen LogP contribution in [-0.2, 0) is 9.59 Å². The van der Waals surface area contributed by atoms with Gasteiger partial charge in [0.1, 0.15) is 6.61 Å². The highest BCUT2D eigenvalue weighted by Gasteiger charge is 2.34. The number of hydrogen-bond acceptors (Lipinski definition) is 4. The average molecular weight is 333 g/mol. The molecule has 24 heavy (non-hydrogen) atoms. The van der Waals surface area contributed by atoms with Crippen LogP contribution in [0.25, 0.3) is 0 Å². The Morgan fingerprint density at radius 3 is 2.50 bits per heavy atom. The summed E-state index contributed by atoms with van der Waals surface area (Å²) in [5, 5.41) is 12.4. The smallest absolute Gasteiger partial charge is 0.308 e. The number of amides is 1. The SMILES string of the molecule is O=C(NC1CCCCCCC1C(=O)O)C1COc2ccccc2O1. The molecule has 2 aliphatic rings. The number of ether oxygens (including phenoxy) is 2. The summed E-state index contributed by atoms with van der Waals surface area (Å²) in [4.78, 5) is 24.1. The fraction of sp³-hybridized carbons (Fsp3) is 0.556. The molecule has 0 spiro atoms. The lowest BCUT2D eigenvalue weighted by Crippen LogP contribution is -2.51. The third-order valence-electron chi connectivity index (χ3n) is 4.71. The standard InChI is InChI=1S/C18H23NO5/c20-17(16-11-23-14-9-5-6-10-15(14)24-16)19-13-8-4-2-1-3-7-12(13)18(21)22/h5-6,9-10,12-13,16H,1-4,7-8,11H2,(H,19,20)(H,21,22). The molecule has 1 aliphatic heterocycles. The maximum atomic E-state index is 12.5. The quantitative estimate of drug-likeness (QED) is 0.887. The molecule has 0 bridgehead atoms. The lowest BCUT2D eigenvalue weighted by Gasteiger charge is -2.30. The third-order valence-corrected chi connectivity index (χ3v) is 4.71. The molecule has 1 aliphatic carbocycles. The summed E-state index contributed by atoms with van der Waals surface area (Å²) in [6.07, 6.45) is 4.49. The number of carbonyl (C=O) groups excluding carboxylic acids is 1. The van der Waals surface area contributed by atoms with Crippen LogP contribution in [0.1, 0.15) is 38.5 Å². The Balaban J connectivity index is 1.65. The van der Waals surface area contributed by atoms with Crippen LogP contribution < -0.4 is 14.8 Å². The van der Waals surface area contributed by atoms with Crippen molar-refractivity contribution in [2.45, 2.75) is 50.7 Å². The molecule has 6 nitrogen and oxygen atoms in total. The molecule has 1 heterocycles. The second-order valence-corrected chi connectivity index (χ2v) is 6.42. The van der Waals surface area contributed by atoms with Gasteiger partial charge in [0.05, 0.1) is 5.92 Å². The molecular weight excluding hydrogens is 310 g/mol. The van der Waals surface area contributed by atoms with Gasteiger partial charge >= 0.3 is 5.97 Å². The molecule has 6 heteroatoms. The number of carboxylic acids is 1. The minimum Gasteiger partial charge on any atom is -0.485 e. The molecule has 130 valence electrons. The zero-order valence-corrected chi connectivity index (χ0v) is 13.6. The van der Waals surface area contributed by atoms with E-state index >= 15 is 0 Å². The first-order chi connectivity index (χ1) is 11.6. The molecule has 1 aromatic rings. The van der Waals surface area contributed by atoms with Crippen molar-refractivity contribution in [3.8, 4) is 11.5 Å². The minimum absolute atomic E-state index is 0.132. The summed E-state index contributed by atoms with van der Waals surface area (Å²) in [6.45, 7) is 0.132. The van der Waals surface area contributed by atoms with E-state index in [0.29, 0.717) is 24.3 Å². The van der Waals surface area contributed by atoms with E-state index in [1.807, 2.05) is 12.1 Å². The maximum absolute atomic E-state index is 12.5. The highest BCUT2D eigenvalue weighted by atomic mass is 16.6. The maximum Gasteiger partial charge on any atom is 0.308 e. The molecule has 1 amide bonds. The lowest BCUT2D eigenvalue weighted by atomic mass is 9.86. The van der Waals surface area contributed by atoms with Crippen molar-refractivity contribution in [2.24, 2.45) is 5.92 Å². The van der Waals surface area contributed by atoms with Crippen LogP contribution in [0.5, 0.6) is 11.5 Å². The summed E-state index contributed by atoms with van der Waals surface area (Å²) in [7, 11) is 0. The summed E-state index contributed by atoms with van der Waals surface area (Å²) in [5.74, 6) is -0.520. The fourth-order valence-electron chi connectivity index (χ4n) is 3.38. The van der Waals surface area contributed by atoms with Gasteiger partial charge in [0.2, 0.25) is 6.10 Å². The first-order valence-electron chi connectivity index (χ1n) is 8.57. The van der Waals surface area contributed by atoms with Gasteiger partial charge in [-0.05, 0) is 25.0 Å². The Morgan fingerprint density at radius 1 is 1.04 bits per heavy atom. The summed E-state index contributed by atoms with van der Waals surface area (Å²) in [5.41, 5.74) is 0. The Labute approximate surface area is 141 Å². The fourth-order valence-corrected chi connectivity index (χ4v) is 3.38. The average Bonchev–Trinajstić information content (AvgIpc) is 2.56. The molecule has 1 saturated carbocycles. The van der Waals surface area contributed by atoms with Gasteiger partial charge in [-0.1, -0.05) is 37.8 Å². The van der Waals surface area contributed by atoms with E-state index in [4.69, 9.17) is 9.47 Å². The second-order valence-electron chi connectivity index (χ2n) is 6.42. The van der Waals surface area contributed by atoms with Crippen LogP contribution in [0.3, 0.4) is 0 Å². The number of nitrogens with one attached hydrogen (secondary N) is 1. The Bertz CT molecular complexity index is 603. The van der Waals surface area contributed by atoms with Gasteiger partial charge in [-0.2, -0.15) is 0 Å². The van der Waals surface area contributed by atoms with Crippen LogP contribution in [-0.4, -0.2) is 35.7 Å². The number of aliphatic carboxylic acids is 1. The Morgan fingerprint density at radius 2 is 1.75 bits per heavy atom. The normalized spacial score (nSPS) is 26.8. The molecule has 3 atom stereocenters. The molecule has 1 fully saturated rings. The molecule has 0 aromatic heterocycles. The predicted octanol–water partition coefficient (Wildman–Crippen LogP) is 2.37. The van der Waals surface area contributed by atoms with Gasteiger partial charge in [0, 0.05) is 6.04 Å². The van der Waals surface area contributed by atoms with Crippen LogP contribution in [0.15, 0.2) is 24.3 Å². The molecule has 0 radical (unpaired) electrons. The highest BCUT2D eigenvalue weighted by Crippen LogP contribution is 2.31. The van der Waals surface area contributed by atoms with Gasteiger partial charge in [-0.25, -0.2) is 0 Å². The number of benzene rings is 1. The van der Waals surface area contributed by atoms with Crippen molar-refractivity contribution in [1.29, 1.82) is 0 Å².